The Morgan fingerprint density at radius 1 is 1.29 bits per heavy atom. The lowest BCUT2D eigenvalue weighted by Crippen LogP contribution is -2.57. The van der Waals surface area contributed by atoms with E-state index in [9.17, 15) is 9.90 Å². The minimum atomic E-state index is -0.680. The minimum absolute atomic E-state index is 0.465. The fourth-order valence-electron chi connectivity index (χ4n) is 3.37. The topological polar surface area (TPSA) is 52.6 Å². The van der Waals surface area contributed by atoms with E-state index in [0.717, 1.165) is 38.8 Å². The Morgan fingerprint density at radius 3 is 2.59 bits per heavy atom. The maximum Gasteiger partial charge on any atom is 0.323 e. The Balaban J connectivity index is 2.02. The van der Waals surface area contributed by atoms with Crippen molar-refractivity contribution in [2.45, 2.75) is 56.5 Å². The van der Waals surface area contributed by atoms with Crippen LogP contribution in [0.1, 0.15) is 44.9 Å². The van der Waals surface area contributed by atoms with Crippen molar-refractivity contribution in [1.82, 2.24) is 10.2 Å². The summed E-state index contributed by atoms with van der Waals surface area (Å²) in [7, 11) is 1.78. The van der Waals surface area contributed by atoms with E-state index in [4.69, 9.17) is 0 Å². The number of carboxylic acid groups (broad SMARTS) is 1. The number of rotatable bonds is 3. The number of likely N-dealkylation sites (tertiary alicyclic amines) is 1. The van der Waals surface area contributed by atoms with Crippen molar-refractivity contribution in [3.05, 3.63) is 0 Å². The van der Waals surface area contributed by atoms with Gasteiger partial charge in [-0.1, -0.05) is 6.42 Å². The van der Waals surface area contributed by atoms with Gasteiger partial charge < -0.3 is 15.3 Å². The van der Waals surface area contributed by atoms with Crippen LogP contribution < -0.4 is 5.32 Å². The van der Waals surface area contributed by atoms with Gasteiger partial charge >= 0.3 is 5.97 Å². The number of carboxylic acids is 1. The predicted molar refractivity (Wildman–Crippen MR) is 67.1 cm³/mol. The number of likely N-dealkylation sites (N-methyl/N-ethyl adjacent to an activating group) is 1. The minimum Gasteiger partial charge on any atom is -0.480 e. The number of nitrogens with one attached hydrogen (secondary N) is 1. The third-order valence-corrected chi connectivity index (χ3v) is 4.52. The van der Waals surface area contributed by atoms with Crippen molar-refractivity contribution in [1.29, 1.82) is 0 Å². The van der Waals surface area contributed by atoms with Crippen molar-refractivity contribution in [2.24, 2.45) is 0 Å². The zero-order chi connectivity index (χ0) is 12.3. The monoisotopic (exact) mass is 240 g/mol. The van der Waals surface area contributed by atoms with Crippen LogP contribution in [0.25, 0.3) is 0 Å². The summed E-state index contributed by atoms with van der Waals surface area (Å²) >= 11 is 0. The Kier molecular flexibility index (Phi) is 4.05. The number of carbonyl (C=O) groups is 1. The molecule has 2 rings (SSSR count). The number of hydrogen-bond acceptors (Lipinski definition) is 3. The van der Waals surface area contributed by atoms with Crippen molar-refractivity contribution in [3.63, 3.8) is 0 Å². The average Bonchev–Trinajstić information content (AvgIpc) is 2.39. The predicted octanol–water partition coefficient (Wildman–Crippen LogP) is 1.46. The van der Waals surface area contributed by atoms with Gasteiger partial charge in [0.2, 0.25) is 0 Å². The first-order chi connectivity index (χ1) is 8.18. The van der Waals surface area contributed by atoms with Crippen LogP contribution in [0.3, 0.4) is 0 Å². The molecule has 2 unspecified atom stereocenters. The van der Waals surface area contributed by atoms with E-state index in [1.54, 1.807) is 7.05 Å². The van der Waals surface area contributed by atoms with Crippen molar-refractivity contribution in [3.8, 4) is 0 Å². The van der Waals surface area contributed by atoms with Gasteiger partial charge in [0.25, 0.3) is 0 Å². The molecule has 0 radical (unpaired) electrons. The molecule has 0 spiro atoms. The second-order valence-electron chi connectivity index (χ2n) is 5.48. The highest BCUT2D eigenvalue weighted by Crippen LogP contribution is 2.32. The molecule has 1 aliphatic heterocycles. The first kappa shape index (κ1) is 12.8. The summed E-state index contributed by atoms with van der Waals surface area (Å²) in [6, 6.07) is 0.465. The van der Waals surface area contributed by atoms with Crippen LogP contribution in [0.4, 0.5) is 0 Å². The molecule has 1 aliphatic carbocycles. The largest absolute Gasteiger partial charge is 0.480 e. The normalized spacial score (nSPS) is 35.7. The third-order valence-electron chi connectivity index (χ3n) is 4.52. The molecule has 2 aliphatic rings. The lowest BCUT2D eigenvalue weighted by atomic mass is 9.78. The van der Waals surface area contributed by atoms with Gasteiger partial charge in [-0.15, -0.1) is 0 Å². The van der Waals surface area contributed by atoms with Gasteiger partial charge in [0, 0.05) is 6.04 Å². The van der Waals surface area contributed by atoms with Gasteiger partial charge in [-0.3, -0.25) is 4.79 Å². The summed E-state index contributed by atoms with van der Waals surface area (Å²) in [5.41, 5.74) is -0.680. The van der Waals surface area contributed by atoms with Crippen LogP contribution in [0.5, 0.6) is 0 Å². The van der Waals surface area contributed by atoms with E-state index >= 15 is 0 Å². The molecule has 98 valence electrons. The SMILES string of the molecule is CNC1(C(=O)O)CCCC(N2CCCCC2)C1. The van der Waals surface area contributed by atoms with Crippen molar-refractivity contribution >= 4 is 5.97 Å². The smallest absolute Gasteiger partial charge is 0.323 e. The average molecular weight is 240 g/mol. The van der Waals surface area contributed by atoms with Gasteiger partial charge in [0.05, 0.1) is 0 Å². The van der Waals surface area contributed by atoms with Gasteiger partial charge in [0.1, 0.15) is 5.54 Å². The zero-order valence-electron chi connectivity index (χ0n) is 10.7. The summed E-state index contributed by atoms with van der Waals surface area (Å²) in [6.07, 6.45) is 7.60. The van der Waals surface area contributed by atoms with Gasteiger partial charge in [-0.2, -0.15) is 0 Å². The highest BCUT2D eigenvalue weighted by molar-refractivity contribution is 5.79. The Labute approximate surface area is 103 Å². The lowest BCUT2D eigenvalue weighted by Gasteiger charge is -2.43. The molecule has 4 heteroatoms. The summed E-state index contributed by atoms with van der Waals surface area (Å²) in [5, 5.41) is 12.5. The number of aliphatic carboxylic acids is 1. The second kappa shape index (κ2) is 5.36. The standard InChI is InChI=1S/C13H24N2O2/c1-14-13(12(16)17)7-5-6-11(10-13)15-8-3-2-4-9-15/h11,14H,2-10H2,1H3,(H,16,17). The molecule has 17 heavy (non-hydrogen) atoms. The number of piperidine rings is 1. The molecule has 4 nitrogen and oxygen atoms in total. The molecule has 0 aromatic carbocycles. The highest BCUT2D eigenvalue weighted by Gasteiger charge is 2.43. The molecule has 0 aromatic rings. The maximum atomic E-state index is 11.5. The molecule has 2 fully saturated rings. The van der Waals surface area contributed by atoms with Gasteiger partial charge in [-0.25, -0.2) is 0 Å². The molecule has 0 aromatic heterocycles. The molecule has 2 atom stereocenters. The lowest BCUT2D eigenvalue weighted by molar-refractivity contribution is -0.147. The van der Waals surface area contributed by atoms with E-state index in [0.29, 0.717) is 6.04 Å². The van der Waals surface area contributed by atoms with Crippen LogP contribution in [0, 0.1) is 0 Å². The van der Waals surface area contributed by atoms with E-state index < -0.39 is 11.5 Å². The maximum absolute atomic E-state index is 11.5. The first-order valence-electron chi connectivity index (χ1n) is 6.84. The number of hydrogen-bond donors (Lipinski definition) is 2. The van der Waals surface area contributed by atoms with Crippen LogP contribution in [-0.2, 0) is 4.79 Å². The Morgan fingerprint density at radius 2 is 2.00 bits per heavy atom. The fourth-order valence-corrected chi connectivity index (χ4v) is 3.37. The first-order valence-corrected chi connectivity index (χ1v) is 6.84. The quantitative estimate of drug-likeness (QED) is 0.784. The van der Waals surface area contributed by atoms with E-state index in [2.05, 4.69) is 10.2 Å². The second-order valence-corrected chi connectivity index (χ2v) is 5.48. The van der Waals surface area contributed by atoms with Gasteiger partial charge in [0.15, 0.2) is 0 Å². The highest BCUT2D eigenvalue weighted by atomic mass is 16.4. The summed E-state index contributed by atoms with van der Waals surface area (Å²) in [6.45, 7) is 2.31. The Hall–Kier alpha value is -0.610. The van der Waals surface area contributed by atoms with Crippen molar-refractivity contribution in [2.75, 3.05) is 20.1 Å². The summed E-state index contributed by atoms with van der Waals surface area (Å²) < 4.78 is 0. The van der Waals surface area contributed by atoms with Crippen molar-refractivity contribution < 1.29 is 9.90 Å². The van der Waals surface area contributed by atoms with Crippen LogP contribution in [-0.4, -0.2) is 47.7 Å². The Bertz CT molecular complexity index is 277. The zero-order valence-corrected chi connectivity index (χ0v) is 10.7. The van der Waals surface area contributed by atoms with E-state index in [1.807, 2.05) is 0 Å². The summed E-state index contributed by atoms with van der Waals surface area (Å²) in [5.74, 6) is -0.679. The van der Waals surface area contributed by atoms with Crippen LogP contribution in [0.15, 0.2) is 0 Å². The van der Waals surface area contributed by atoms with Crippen LogP contribution >= 0.6 is 0 Å². The molecule has 0 amide bonds. The number of nitrogens with zero attached hydrogens (tertiary/aromatic N) is 1. The molecular weight excluding hydrogens is 216 g/mol. The third kappa shape index (κ3) is 2.63. The van der Waals surface area contributed by atoms with E-state index in [-0.39, 0.29) is 0 Å². The van der Waals surface area contributed by atoms with Gasteiger partial charge in [-0.05, 0) is 58.7 Å². The molecule has 1 saturated carbocycles. The summed E-state index contributed by atoms with van der Waals surface area (Å²) in [4.78, 5) is 14.0. The molecule has 2 N–H and O–H groups in total. The molecule has 1 heterocycles. The molecule has 0 bridgehead atoms. The fraction of sp³-hybridized carbons (Fsp3) is 0.923. The van der Waals surface area contributed by atoms with E-state index in [1.165, 1.54) is 19.3 Å². The molecular formula is C13H24N2O2. The van der Waals surface area contributed by atoms with Crippen LogP contribution in [0.2, 0.25) is 0 Å². The molecule has 1 saturated heterocycles.